The average molecular weight is 432 g/mol. The van der Waals surface area contributed by atoms with Crippen molar-refractivity contribution in [3.63, 3.8) is 0 Å². The SMILES string of the molecule is O=S(=O)(O)SCCCC[P+](c1ccccc1)(c1ccccc1)c1ccccc1. The van der Waals surface area contributed by atoms with Crippen LogP contribution in [0.25, 0.3) is 0 Å². The smallest absolute Gasteiger partial charge is 0.277 e. The molecule has 3 aromatic rings. The van der Waals surface area contributed by atoms with Crippen molar-refractivity contribution in [3.05, 3.63) is 91.0 Å². The lowest BCUT2D eigenvalue weighted by Crippen LogP contribution is -2.33. The number of hydrogen-bond acceptors (Lipinski definition) is 3. The summed E-state index contributed by atoms with van der Waals surface area (Å²) in [6, 6.07) is 31.9. The summed E-state index contributed by atoms with van der Waals surface area (Å²) in [4.78, 5) is 0. The quantitative estimate of drug-likeness (QED) is 0.238. The topological polar surface area (TPSA) is 54.4 Å². The summed E-state index contributed by atoms with van der Waals surface area (Å²) in [7, 11) is -5.21. The van der Waals surface area contributed by atoms with Gasteiger partial charge in [0.1, 0.15) is 23.2 Å². The van der Waals surface area contributed by atoms with Gasteiger partial charge in [-0.25, -0.2) is 0 Å². The molecule has 0 heterocycles. The minimum atomic E-state index is -3.97. The number of unbranched alkanes of at least 4 members (excludes halogenated alkanes) is 1. The lowest BCUT2D eigenvalue weighted by molar-refractivity contribution is 0.503. The molecule has 0 aliphatic carbocycles. The van der Waals surface area contributed by atoms with Crippen molar-refractivity contribution in [2.24, 2.45) is 0 Å². The molecule has 3 nitrogen and oxygen atoms in total. The molecule has 0 atom stereocenters. The van der Waals surface area contributed by atoms with Crippen LogP contribution in [0.15, 0.2) is 91.0 Å². The Kier molecular flexibility index (Phi) is 7.30. The summed E-state index contributed by atoms with van der Waals surface area (Å²) in [6.07, 6.45) is 2.57. The van der Waals surface area contributed by atoms with Gasteiger partial charge in [-0.15, -0.1) is 0 Å². The molecule has 0 bridgehead atoms. The monoisotopic (exact) mass is 431 g/mol. The highest BCUT2D eigenvalue weighted by molar-refractivity contribution is 8.69. The summed E-state index contributed by atoms with van der Waals surface area (Å²) in [5, 5.41) is 3.99. The van der Waals surface area contributed by atoms with E-state index in [4.69, 9.17) is 4.55 Å². The van der Waals surface area contributed by atoms with E-state index < -0.39 is 16.4 Å². The van der Waals surface area contributed by atoms with Crippen molar-refractivity contribution >= 4 is 43.1 Å². The van der Waals surface area contributed by atoms with Crippen molar-refractivity contribution in [1.82, 2.24) is 0 Å². The van der Waals surface area contributed by atoms with Crippen LogP contribution in [0.5, 0.6) is 0 Å². The van der Waals surface area contributed by atoms with Gasteiger partial charge in [0.2, 0.25) is 0 Å². The fourth-order valence-electron chi connectivity index (χ4n) is 3.50. The van der Waals surface area contributed by atoms with Crippen molar-refractivity contribution < 1.29 is 13.0 Å². The van der Waals surface area contributed by atoms with Gasteiger partial charge >= 0.3 is 9.15 Å². The fraction of sp³-hybridized carbons (Fsp3) is 0.182. The molecule has 0 aromatic heterocycles. The molecule has 0 aliphatic rings. The molecule has 3 rings (SSSR count). The summed E-state index contributed by atoms with van der Waals surface area (Å²) in [6.45, 7) is 0. The lowest BCUT2D eigenvalue weighted by Gasteiger charge is -2.27. The van der Waals surface area contributed by atoms with Gasteiger partial charge in [0.25, 0.3) is 0 Å². The van der Waals surface area contributed by atoms with Gasteiger partial charge in [-0.2, -0.15) is 8.42 Å². The minimum absolute atomic E-state index is 0.400. The first kappa shape index (κ1) is 21.1. The first-order valence-electron chi connectivity index (χ1n) is 9.19. The van der Waals surface area contributed by atoms with E-state index in [2.05, 4.69) is 72.8 Å². The molecule has 0 fully saturated rings. The maximum absolute atomic E-state index is 11.0. The molecular formula is C22H24O3PS2+. The Morgan fingerprint density at radius 1 is 0.679 bits per heavy atom. The van der Waals surface area contributed by atoms with Gasteiger partial charge in [0.05, 0.1) is 6.16 Å². The summed E-state index contributed by atoms with van der Waals surface area (Å²) in [5.41, 5.74) is 0. The van der Waals surface area contributed by atoms with Crippen molar-refractivity contribution in [3.8, 4) is 0 Å². The van der Waals surface area contributed by atoms with Crippen LogP contribution in [0, 0.1) is 0 Å². The molecule has 0 aliphatic heterocycles. The molecule has 146 valence electrons. The predicted molar refractivity (Wildman–Crippen MR) is 123 cm³/mol. The summed E-state index contributed by atoms with van der Waals surface area (Å²) >= 11 is 0. The van der Waals surface area contributed by atoms with Gasteiger partial charge in [-0.1, -0.05) is 54.6 Å². The van der Waals surface area contributed by atoms with Crippen molar-refractivity contribution in [1.29, 1.82) is 0 Å². The Morgan fingerprint density at radius 2 is 1.07 bits per heavy atom. The average Bonchev–Trinajstić information content (AvgIpc) is 2.72. The molecule has 28 heavy (non-hydrogen) atoms. The van der Waals surface area contributed by atoms with E-state index in [-0.39, 0.29) is 0 Å². The standard InChI is InChI=1S/C22H23O3PS2/c23-28(24,25)27-19-11-10-18-26(20-12-4-1-5-13-20,21-14-6-2-7-15-21)22-16-8-3-9-17-22/h1-9,12-17H,10-11,18-19H2/p+1. The van der Waals surface area contributed by atoms with E-state index in [1.807, 2.05) is 18.2 Å². The van der Waals surface area contributed by atoms with Crippen LogP contribution in [0.2, 0.25) is 0 Å². The van der Waals surface area contributed by atoms with Crippen LogP contribution in [-0.4, -0.2) is 24.9 Å². The van der Waals surface area contributed by atoms with Gasteiger partial charge < -0.3 is 0 Å². The van der Waals surface area contributed by atoms with E-state index in [9.17, 15) is 8.42 Å². The Labute approximate surface area is 171 Å². The largest absolute Gasteiger partial charge is 0.319 e. The molecule has 0 amide bonds. The third kappa shape index (κ3) is 5.24. The van der Waals surface area contributed by atoms with Crippen LogP contribution < -0.4 is 15.9 Å². The maximum atomic E-state index is 11.0. The normalized spacial score (nSPS) is 12.0. The zero-order chi connectivity index (χ0) is 19.9. The molecule has 0 unspecified atom stereocenters. The van der Waals surface area contributed by atoms with Gasteiger partial charge in [0.15, 0.2) is 0 Å². The molecular weight excluding hydrogens is 407 g/mol. The van der Waals surface area contributed by atoms with Crippen LogP contribution in [-0.2, 0) is 9.15 Å². The second kappa shape index (κ2) is 9.71. The number of rotatable bonds is 9. The molecule has 6 heteroatoms. The minimum Gasteiger partial charge on any atom is -0.277 e. The second-order valence-electron chi connectivity index (χ2n) is 6.50. The molecule has 0 radical (unpaired) electrons. The summed E-state index contributed by atoms with van der Waals surface area (Å²) < 4.78 is 30.9. The fourth-order valence-corrected chi connectivity index (χ4v) is 9.43. The van der Waals surface area contributed by atoms with Gasteiger partial charge in [-0.05, 0) is 60.0 Å². The van der Waals surface area contributed by atoms with E-state index in [1.165, 1.54) is 15.9 Å². The zero-order valence-electron chi connectivity index (χ0n) is 15.5. The Bertz CT molecular complexity index is 866. The van der Waals surface area contributed by atoms with E-state index in [1.54, 1.807) is 0 Å². The van der Waals surface area contributed by atoms with Gasteiger partial charge in [0, 0.05) is 5.75 Å². The zero-order valence-corrected chi connectivity index (χ0v) is 18.0. The van der Waals surface area contributed by atoms with E-state index in [0.717, 1.165) is 19.0 Å². The highest BCUT2D eigenvalue weighted by Gasteiger charge is 2.44. The Balaban J connectivity index is 1.99. The molecule has 0 saturated heterocycles. The van der Waals surface area contributed by atoms with E-state index in [0.29, 0.717) is 16.5 Å². The second-order valence-corrected chi connectivity index (χ2v) is 13.6. The first-order valence-corrected chi connectivity index (χ1v) is 14.1. The third-order valence-electron chi connectivity index (χ3n) is 4.71. The van der Waals surface area contributed by atoms with Crippen LogP contribution in [0.4, 0.5) is 0 Å². The highest BCUT2D eigenvalue weighted by Crippen LogP contribution is 2.55. The summed E-state index contributed by atoms with van der Waals surface area (Å²) in [5.74, 6) is 0.400. The molecule has 1 N–H and O–H groups in total. The lowest BCUT2D eigenvalue weighted by atomic mass is 10.3. The van der Waals surface area contributed by atoms with Gasteiger partial charge in [-0.3, -0.25) is 4.55 Å². The predicted octanol–water partition coefficient (Wildman–Crippen LogP) is 4.30. The molecule has 0 saturated carbocycles. The maximum Gasteiger partial charge on any atom is 0.319 e. The molecule has 0 spiro atoms. The number of hydrogen-bond donors (Lipinski definition) is 1. The van der Waals surface area contributed by atoms with Crippen molar-refractivity contribution in [2.45, 2.75) is 12.8 Å². The van der Waals surface area contributed by atoms with Crippen LogP contribution >= 0.6 is 18.1 Å². The first-order chi connectivity index (χ1) is 13.5. The number of benzene rings is 3. The Morgan fingerprint density at radius 3 is 1.43 bits per heavy atom. The Hall–Kier alpha value is -1.65. The third-order valence-corrected chi connectivity index (χ3v) is 11.4. The molecule has 3 aromatic carbocycles. The highest BCUT2D eigenvalue weighted by atomic mass is 33.1. The van der Waals surface area contributed by atoms with E-state index >= 15 is 0 Å². The van der Waals surface area contributed by atoms with Crippen LogP contribution in [0.1, 0.15) is 12.8 Å². The van der Waals surface area contributed by atoms with Crippen LogP contribution in [0.3, 0.4) is 0 Å². The van der Waals surface area contributed by atoms with Crippen molar-refractivity contribution in [2.75, 3.05) is 11.9 Å².